The summed E-state index contributed by atoms with van der Waals surface area (Å²) in [6.45, 7) is 0. The molecule has 1 atom stereocenters. The molecule has 1 fully saturated rings. The van der Waals surface area contributed by atoms with Gasteiger partial charge in [-0.2, -0.15) is 0 Å². The molecule has 1 aromatic rings. The van der Waals surface area contributed by atoms with E-state index in [1.54, 1.807) is 0 Å². The molecular formula is C13H17BrO. The molecule has 1 aliphatic carbocycles. The van der Waals surface area contributed by atoms with E-state index in [1.807, 2.05) is 24.3 Å². The average Bonchev–Trinajstić information content (AvgIpc) is 2.30. The molecule has 1 N–H and O–H groups in total. The quantitative estimate of drug-likeness (QED) is 0.858. The van der Waals surface area contributed by atoms with Crippen LogP contribution in [-0.2, 0) is 0 Å². The molecule has 1 unspecified atom stereocenters. The number of hydrogen-bond donors (Lipinski definition) is 1. The number of halogens is 1. The van der Waals surface area contributed by atoms with Gasteiger partial charge in [0.25, 0.3) is 0 Å². The molecule has 0 amide bonds. The zero-order chi connectivity index (χ0) is 10.7. The Balaban J connectivity index is 2.05. The molecule has 1 aliphatic rings. The predicted octanol–water partition coefficient (Wildman–Crippen LogP) is 4.06. The topological polar surface area (TPSA) is 20.2 Å². The van der Waals surface area contributed by atoms with E-state index in [0.29, 0.717) is 5.92 Å². The minimum atomic E-state index is -0.265. The van der Waals surface area contributed by atoms with Crippen LogP contribution in [0.5, 0.6) is 0 Å². The number of aliphatic hydroxyl groups excluding tert-OH is 1. The van der Waals surface area contributed by atoms with Crippen LogP contribution in [0.15, 0.2) is 28.7 Å². The third-order valence-corrected chi connectivity index (χ3v) is 3.84. The molecule has 0 radical (unpaired) electrons. The molecule has 1 aromatic carbocycles. The van der Waals surface area contributed by atoms with E-state index in [9.17, 15) is 5.11 Å². The molecule has 1 saturated carbocycles. The summed E-state index contributed by atoms with van der Waals surface area (Å²) in [5, 5.41) is 10.2. The monoisotopic (exact) mass is 268 g/mol. The van der Waals surface area contributed by atoms with Crippen LogP contribution < -0.4 is 0 Å². The van der Waals surface area contributed by atoms with Gasteiger partial charge in [-0.15, -0.1) is 0 Å². The SMILES string of the molecule is OC(c1ccc(Br)cc1)C1CCCCC1. The van der Waals surface area contributed by atoms with Crippen LogP contribution in [0.25, 0.3) is 0 Å². The molecule has 15 heavy (non-hydrogen) atoms. The fourth-order valence-electron chi connectivity index (χ4n) is 2.38. The second-order valence-corrected chi connectivity index (χ2v) is 5.31. The Labute approximate surface area is 99.6 Å². The van der Waals surface area contributed by atoms with Crippen LogP contribution in [0.1, 0.15) is 43.8 Å². The molecule has 0 saturated heterocycles. The minimum absolute atomic E-state index is 0.265. The van der Waals surface area contributed by atoms with Gasteiger partial charge in [0.05, 0.1) is 6.10 Å². The summed E-state index contributed by atoms with van der Waals surface area (Å²) in [6, 6.07) is 8.04. The first-order chi connectivity index (χ1) is 7.27. The molecule has 0 bridgehead atoms. The zero-order valence-corrected chi connectivity index (χ0v) is 10.4. The fraction of sp³-hybridized carbons (Fsp3) is 0.538. The smallest absolute Gasteiger partial charge is 0.0818 e. The van der Waals surface area contributed by atoms with Crippen molar-refractivity contribution in [2.75, 3.05) is 0 Å². The van der Waals surface area contributed by atoms with Gasteiger partial charge in [-0.3, -0.25) is 0 Å². The molecule has 0 spiro atoms. The lowest BCUT2D eigenvalue weighted by molar-refractivity contribution is 0.0848. The van der Waals surface area contributed by atoms with E-state index in [0.717, 1.165) is 10.0 Å². The van der Waals surface area contributed by atoms with E-state index in [2.05, 4.69) is 15.9 Å². The second kappa shape index (κ2) is 5.13. The first-order valence-electron chi connectivity index (χ1n) is 5.71. The minimum Gasteiger partial charge on any atom is -0.388 e. The van der Waals surface area contributed by atoms with E-state index >= 15 is 0 Å². The van der Waals surface area contributed by atoms with Crippen LogP contribution in [0.2, 0.25) is 0 Å². The fourth-order valence-corrected chi connectivity index (χ4v) is 2.65. The number of hydrogen-bond acceptors (Lipinski definition) is 1. The van der Waals surface area contributed by atoms with Crippen molar-refractivity contribution >= 4 is 15.9 Å². The van der Waals surface area contributed by atoms with Crippen molar-refractivity contribution in [2.45, 2.75) is 38.2 Å². The summed E-state index contributed by atoms with van der Waals surface area (Å²) < 4.78 is 1.07. The van der Waals surface area contributed by atoms with Gasteiger partial charge < -0.3 is 5.11 Å². The highest BCUT2D eigenvalue weighted by atomic mass is 79.9. The van der Waals surface area contributed by atoms with E-state index in [-0.39, 0.29) is 6.10 Å². The maximum atomic E-state index is 10.2. The molecule has 2 heteroatoms. The Morgan fingerprint density at radius 1 is 1.07 bits per heavy atom. The lowest BCUT2D eigenvalue weighted by atomic mass is 9.83. The van der Waals surface area contributed by atoms with E-state index in [4.69, 9.17) is 0 Å². The van der Waals surface area contributed by atoms with Gasteiger partial charge in [0, 0.05) is 4.47 Å². The number of benzene rings is 1. The number of aliphatic hydroxyl groups is 1. The first kappa shape index (κ1) is 11.2. The summed E-state index contributed by atoms with van der Waals surface area (Å²) >= 11 is 3.41. The molecule has 0 aromatic heterocycles. The van der Waals surface area contributed by atoms with Gasteiger partial charge in [-0.05, 0) is 36.5 Å². The Morgan fingerprint density at radius 3 is 2.27 bits per heavy atom. The Bertz CT molecular complexity index is 301. The summed E-state index contributed by atoms with van der Waals surface area (Å²) in [5.41, 5.74) is 1.06. The first-order valence-corrected chi connectivity index (χ1v) is 6.50. The van der Waals surface area contributed by atoms with Crippen molar-refractivity contribution < 1.29 is 5.11 Å². The third kappa shape index (κ3) is 2.82. The third-order valence-electron chi connectivity index (χ3n) is 3.31. The molecule has 0 heterocycles. The highest BCUT2D eigenvalue weighted by Crippen LogP contribution is 2.34. The highest BCUT2D eigenvalue weighted by molar-refractivity contribution is 9.10. The summed E-state index contributed by atoms with van der Waals surface area (Å²) in [5.74, 6) is 0.472. The van der Waals surface area contributed by atoms with Gasteiger partial charge in [-0.25, -0.2) is 0 Å². The molecular weight excluding hydrogens is 252 g/mol. The van der Waals surface area contributed by atoms with Gasteiger partial charge in [-0.1, -0.05) is 47.3 Å². The maximum absolute atomic E-state index is 10.2. The molecule has 2 rings (SSSR count). The van der Waals surface area contributed by atoms with Crippen LogP contribution in [0.3, 0.4) is 0 Å². The van der Waals surface area contributed by atoms with Crippen LogP contribution >= 0.6 is 15.9 Å². The van der Waals surface area contributed by atoms with Gasteiger partial charge in [0.15, 0.2) is 0 Å². The Kier molecular flexibility index (Phi) is 3.81. The highest BCUT2D eigenvalue weighted by Gasteiger charge is 2.22. The van der Waals surface area contributed by atoms with Crippen LogP contribution in [0, 0.1) is 5.92 Å². The van der Waals surface area contributed by atoms with E-state index < -0.39 is 0 Å². The average molecular weight is 269 g/mol. The van der Waals surface area contributed by atoms with Crippen molar-refractivity contribution in [1.82, 2.24) is 0 Å². The molecule has 1 nitrogen and oxygen atoms in total. The van der Waals surface area contributed by atoms with Gasteiger partial charge in [0.2, 0.25) is 0 Å². The number of rotatable bonds is 2. The normalized spacial score (nSPS) is 20.1. The lowest BCUT2D eigenvalue weighted by Gasteiger charge is -2.26. The molecule has 82 valence electrons. The van der Waals surface area contributed by atoms with Crippen LogP contribution in [-0.4, -0.2) is 5.11 Å². The zero-order valence-electron chi connectivity index (χ0n) is 8.82. The Hall–Kier alpha value is -0.340. The predicted molar refractivity (Wildman–Crippen MR) is 65.7 cm³/mol. The van der Waals surface area contributed by atoms with Gasteiger partial charge in [0.1, 0.15) is 0 Å². The standard InChI is InChI=1S/C13H17BrO/c14-12-8-6-11(7-9-12)13(15)10-4-2-1-3-5-10/h6-10,13,15H,1-5H2. The van der Waals surface area contributed by atoms with Crippen molar-refractivity contribution in [1.29, 1.82) is 0 Å². The van der Waals surface area contributed by atoms with Crippen LogP contribution in [0.4, 0.5) is 0 Å². The largest absolute Gasteiger partial charge is 0.388 e. The van der Waals surface area contributed by atoms with Crippen molar-refractivity contribution in [3.05, 3.63) is 34.3 Å². The van der Waals surface area contributed by atoms with Gasteiger partial charge >= 0.3 is 0 Å². The van der Waals surface area contributed by atoms with Crippen molar-refractivity contribution in [2.24, 2.45) is 5.92 Å². The lowest BCUT2D eigenvalue weighted by Crippen LogP contribution is -2.15. The summed E-state index contributed by atoms with van der Waals surface area (Å²) in [6.07, 6.45) is 5.98. The summed E-state index contributed by atoms with van der Waals surface area (Å²) in [4.78, 5) is 0. The summed E-state index contributed by atoms with van der Waals surface area (Å²) in [7, 11) is 0. The van der Waals surface area contributed by atoms with Crippen molar-refractivity contribution in [3.8, 4) is 0 Å². The van der Waals surface area contributed by atoms with E-state index in [1.165, 1.54) is 32.1 Å². The molecule has 0 aliphatic heterocycles. The second-order valence-electron chi connectivity index (χ2n) is 4.39. The maximum Gasteiger partial charge on any atom is 0.0818 e. The Morgan fingerprint density at radius 2 is 1.67 bits per heavy atom. The van der Waals surface area contributed by atoms with Crippen molar-refractivity contribution in [3.63, 3.8) is 0 Å².